The first-order valence-corrected chi connectivity index (χ1v) is 8.29. The van der Waals surface area contributed by atoms with Crippen LogP contribution in [0.15, 0.2) is 24.3 Å². The Kier molecular flexibility index (Phi) is 4.50. The number of carbonyl (C=O) groups is 1. The maximum atomic E-state index is 12.8. The van der Waals surface area contributed by atoms with Gasteiger partial charge < -0.3 is 15.4 Å². The predicted molar refractivity (Wildman–Crippen MR) is 86.4 cm³/mol. The third-order valence-corrected chi connectivity index (χ3v) is 5.07. The van der Waals surface area contributed by atoms with Gasteiger partial charge in [0, 0.05) is 12.0 Å². The number of nitrogens with two attached hydrogens (primary N) is 1. The summed E-state index contributed by atoms with van der Waals surface area (Å²) in [6, 6.07) is 8.60. The van der Waals surface area contributed by atoms with Crippen molar-refractivity contribution in [3.8, 4) is 0 Å². The average Bonchev–Trinajstić information content (AvgIpc) is 2.94. The lowest BCUT2D eigenvalue weighted by atomic mass is 9.99. The van der Waals surface area contributed by atoms with E-state index in [9.17, 15) is 4.79 Å². The summed E-state index contributed by atoms with van der Waals surface area (Å²) in [6.45, 7) is 5.42. The first-order chi connectivity index (χ1) is 10.6. The van der Waals surface area contributed by atoms with Gasteiger partial charge in [-0.15, -0.1) is 0 Å². The summed E-state index contributed by atoms with van der Waals surface area (Å²) in [5.41, 5.74) is 8.38. The Labute approximate surface area is 132 Å². The number of nitrogens with zero attached hydrogens (tertiary/aromatic N) is 1. The average molecular weight is 302 g/mol. The topological polar surface area (TPSA) is 55.6 Å². The van der Waals surface area contributed by atoms with Crippen molar-refractivity contribution in [2.75, 3.05) is 13.2 Å². The van der Waals surface area contributed by atoms with Crippen LogP contribution in [0.2, 0.25) is 0 Å². The number of rotatable bonds is 2. The third-order valence-electron chi connectivity index (χ3n) is 5.07. The Morgan fingerprint density at radius 3 is 2.77 bits per heavy atom. The minimum atomic E-state index is -0.0172. The summed E-state index contributed by atoms with van der Waals surface area (Å²) in [4.78, 5) is 14.9. The molecule has 1 aromatic carbocycles. The quantitative estimate of drug-likeness (QED) is 0.913. The van der Waals surface area contributed by atoms with Crippen LogP contribution in [0, 0.1) is 12.8 Å². The molecule has 1 aliphatic carbocycles. The van der Waals surface area contributed by atoms with E-state index in [-0.39, 0.29) is 30.0 Å². The summed E-state index contributed by atoms with van der Waals surface area (Å²) >= 11 is 0. The van der Waals surface area contributed by atoms with Crippen LogP contribution in [0.25, 0.3) is 0 Å². The molecule has 1 aromatic rings. The molecule has 0 aromatic heterocycles. The summed E-state index contributed by atoms with van der Waals surface area (Å²) in [5, 5.41) is 0. The van der Waals surface area contributed by atoms with Crippen LogP contribution in [-0.2, 0) is 9.53 Å². The molecule has 2 aliphatic rings. The third kappa shape index (κ3) is 3.03. The van der Waals surface area contributed by atoms with Gasteiger partial charge in [0.2, 0.25) is 5.91 Å². The molecule has 1 heterocycles. The second-order valence-electron chi connectivity index (χ2n) is 6.79. The minimum absolute atomic E-state index is 0.0172. The lowest BCUT2D eigenvalue weighted by Crippen LogP contribution is -2.50. The van der Waals surface area contributed by atoms with Crippen LogP contribution in [0.3, 0.4) is 0 Å². The van der Waals surface area contributed by atoms with Crippen LogP contribution >= 0.6 is 0 Å². The van der Waals surface area contributed by atoms with Gasteiger partial charge in [0.25, 0.3) is 0 Å². The number of aryl methyl sites for hydroxylation is 1. The van der Waals surface area contributed by atoms with E-state index < -0.39 is 0 Å². The van der Waals surface area contributed by atoms with E-state index in [2.05, 4.69) is 26.0 Å². The van der Waals surface area contributed by atoms with Crippen molar-refractivity contribution in [3.63, 3.8) is 0 Å². The molecule has 1 saturated heterocycles. The van der Waals surface area contributed by atoms with Crippen molar-refractivity contribution >= 4 is 5.91 Å². The maximum absolute atomic E-state index is 12.8. The SMILES string of the molecule is Cc1ccccc1[C@@H]1CN(C(=O)[C@@H]2CC[C@@H](N)C2)[C@H](C)CO1. The van der Waals surface area contributed by atoms with Gasteiger partial charge in [0.05, 0.1) is 19.2 Å². The number of ether oxygens (including phenoxy) is 1. The molecule has 0 radical (unpaired) electrons. The molecule has 0 spiro atoms. The van der Waals surface area contributed by atoms with Crippen molar-refractivity contribution in [1.29, 1.82) is 0 Å². The Bertz CT molecular complexity index is 546. The number of morpholine rings is 1. The zero-order valence-corrected chi connectivity index (χ0v) is 13.5. The molecule has 2 fully saturated rings. The minimum Gasteiger partial charge on any atom is -0.370 e. The fourth-order valence-electron chi connectivity index (χ4n) is 3.68. The predicted octanol–water partition coefficient (Wildman–Crippen LogP) is 2.41. The Morgan fingerprint density at radius 2 is 2.09 bits per heavy atom. The molecular formula is C18H26N2O2. The van der Waals surface area contributed by atoms with Gasteiger partial charge in [0.15, 0.2) is 0 Å². The normalized spacial score (nSPS) is 32.2. The number of benzene rings is 1. The summed E-state index contributed by atoms with van der Waals surface area (Å²) in [7, 11) is 0. The molecule has 120 valence electrons. The van der Waals surface area contributed by atoms with Crippen molar-refractivity contribution in [2.24, 2.45) is 11.7 Å². The van der Waals surface area contributed by atoms with Gasteiger partial charge >= 0.3 is 0 Å². The molecular weight excluding hydrogens is 276 g/mol. The fraction of sp³-hybridized carbons (Fsp3) is 0.611. The summed E-state index contributed by atoms with van der Waals surface area (Å²) < 4.78 is 6.00. The van der Waals surface area contributed by atoms with Crippen LogP contribution in [0.4, 0.5) is 0 Å². The Balaban J connectivity index is 1.74. The van der Waals surface area contributed by atoms with Crippen molar-refractivity contribution < 1.29 is 9.53 Å². The summed E-state index contributed by atoms with van der Waals surface area (Å²) in [6.07, 6.45) is 2.71. The molecule has 4 atom stereocenters. The second kappa shape index (κ2) is 6.39. The molecule has 4 nitrogen and oxygen atoms in total. The Morgan fingerprint density at radius 1 is 1.32 bits per heavy atom. The zero-order valence-electron chi connectivity index (χ0n) is 13.5. The van der Waals surface area contributed by atoms with Gasteiger partial charge in [-0.05, 0) is 44.2 Å². The number of carbonyl (C=O) groups excluding carboxylic acids is 1. The highest BCUT2D eigenvalue weighted by Crippen LogP contribution is 2.31. The van der Waals surface area contributed by atoms with Crippen LogP contribution in [0.1, 0.15) is 43.4 Å². The molecule has 0 unspecified atom stereocenters. The summed E-state index contributed by atoms with van der Waals surface area (Å²) in [5.74, 6) is 0.371. The van der Waals surface area contributed by atoms with Crippen molar-refractivity contribution in [3.05, 3.63) is 35.4 Å². The van der Waals surface area contributed by atoms with E-state index in [0.717, 1.165) is 19.3 Å². The van der Waals surface area contributed by atoms with Gasteiger partial charge in [-0.1, -0.05) is 24.3 Å². The van der Waals surface area contributed by atoms with Gasteiger partial charge in [-0.3, -0.25) is 4.79 Å². The van der Waals surface area contributed by atoms with E-state index in [0.29, 0.717) is 13.2 Å². The first kappa shape index (κ1) is 15.5. The highest BCUT2D eigenvalue weighted by atomic mass is 16.5. The molecule has 1 saturated carbocycles. The Hall–Kier alpha value is -1.39. The number of hydrogen-bond acceptors (Lipinski definition) is 3. The lowest BCUT2D eigenvalue weighted by Gasteiger charge is -2.40. The number of hydrogen-bond donors (Lipinski definition) is 1. The van der Waals surface area contributed by atoms with E-state index >= 15 is 0 Å². The molecule has 0 bridgehead atoms. The van der Waals surface area contributed by atoms with E-state index in [1.165, 1.54) is 11.1 Å². The standard InChI is InChI=1S/C18H26N2O2/c1-12-5-3-4-6-16(12)17-10-20(13(2)11-22-17)18(21)14-7-8-15(19)9-14/h3-6,13-15,17H,7-11,19H2,1-2H3/t13-,14-,15-,17+/m1/s1. The molecule has 1 aliphatic heterocycles. The van der Waals surface area contributed by atoms with Crippen molar-refractivity contribution in [2.45, 2.75) is 51.3 Å². The van der Waals surface area contributed by atoms with Crippen molar-refractivity contribution in [1.82, 2.24) is 4.90 Å². The van der Waals surface area contributed by atoms with E-state index in [1.54, 1.807) is 0 Å². The van der Waals surface area contributed by atoms with Crippen LogP contribution < -0.4 is 5.73 Å². The van der Waals surface area contributed by atoms with E-state index in [1.807, 2.05) is 17.0 Å². The highest BCUT2D eigenvalue weighted by molar-refractivity contribution is 5.79. The van der Waals surface area contributed by atoms with Gasteiger partial charge in [-0.25, -0.2) is 0 Å². The second-order valence-corrected chi connectivity index (χ2v) is 6.79. The smallest absolute Gasteiger partial charge is 0.226 e. The van der Waals surface area contributed by atoms with Gasteiger partial charge in [-0.2, -0.15) is 0 Å². The highest BCUT2D eigenvalue weighted by Gasteiger charge is 2.36. The molecule has 2 N–H and O–H groups in total. The lowest BCUT2D eigenvalue weighted by molar-refractivity contribution is -0.148. The molecule has 22 heavy (non-hydrogen) atoms. The maximum Gasteiger partial charge on any atom is 0.226 e. The fourth-order valence-corrected chi connectivity index (χ4v) is 3.68. The van der Waals surface area contributed by atoms with Crippen LogP contribution in [0.5, 0.6) is 0 Å². The molecule has 4 heteroatoms. The van der Waals surface area contributed by atoms with E-state index in [4.69, 9.17) is 10.5 Å². The molecule has 1 amide bonds. The monoisotopic (exact) mass is 302 g/mol. The van der Waals surface area contributed by atoms with Gasteiger partial charge in [0.1, 0.15) is 6.10 Å². The first-order valence-electron chi connectivity index (χ1n) is 8.29. The zero-order chi connectivity index (χ0) is 15.7. The number of amides is 1. The largest absolute Gasteiger partial charge is 0.370 e. The molecule has 3 rings (SSSR count). The van der Waals surface area contributed by atoms with Crippen LogP contribution in [-0.4, -0.2) is 36.0 Å².